The first-order valence-corrected chi connectivity index (χ1v) is 6.80. The number of thiazole rings is 1. The number of aromatic nitrogens is 3. The third-order valence-corrected chi connectivity index (χ3v) is 3.54. The van der Waals surface area contributed by atoms with Crippen molar-refractivity contribution >= 4 is 22.9 Å². The van der Waals surface area contributed by atoms with Gasteiger partial charge in [-0.3, -0.25) is 0 Å². The van der Waals surface area contributed by atoms with Crippen LogP contribution in [0.15, 0.2) is 39.7 Å². The summed E-state index contributed by atoms with van der Waals surface area (Å²) in [5.74, 6) is 0.745. The topological polar surface area (TPSA) is 77.8 Å². The average molecular weight is 293 g/mol. The lowest BCUT2D eigenvalue weighted by Crippen LogP contribution is -2.12. The van der Waals surface area contributed by atoms with Crippen molar-refractivity contribution in [1.29, 1.82) is 0 Å². The van der Waals surface area contributed by atoms with E-state index in [9.17, 15) is 0 Å². The molecule has 0 bridgehead atoms. The van der Waals surface area contributed by atoms with E-state index in [-0.39, 0.29) is 0 Å². The van der Waals surface area contributed by atoms with Gasteiger partial charge >= 0.3 is 0 Å². The maximum Gasteiger partial charge on any atom is 0.248 e. The van der Waals surface area contributed by atoms with Gasteiger partial charge in [0.2, 0.25) is 11.7 Å². The predicted molar refractivity (Wildman–Crippen MR) is 72.9 cm³/mol. The molecule has 5 nitrogen and oxygen atoms in total. The number of rotatable bonds is 3. The van der Waals surface area contributed by atoms with Gasteiger partial charge in [-0.15, -0.1) is 11.3 Å². The largest absolute Gasteiger partial charge is 0.337 e. The van der Waals surface area contributed by atoms with E-state index in [0.717, 1.165) is 5.56 Å². The zero-order valence-corrected chi connectivity index (χ0v) is 11.2. The van der Waals surface area contributed by atoms with Gasteiger partial charge in [0, 0.05) is 10.4 Å². The molecule has 0 unspecified atom stereocenters. The second-order valence-corrected chi connectivity index (χ2v) is 4.95. The Labute approximate surface area is 118 Å². The monoisotopic (exact) mass is 292 g/mol. The molecular weight excluding hydrogens is 284 g/mol. The van der Waals surface area contributed by atoms with Crippen molar-refractivity contribution in [2.75, 3.05) is 0 Å². The van der Waals surface area contributed by atoms with Crippen molar-refractivity contribution in [3.05, 3.63) is 51.6 Å². The van der Waals surface area contributed by atoms with Crippen LogP contribution >= 0.6 is 22.9 Å². The van der Waals surface area contributed by atoms with Crippen LogP contribution in [-0.2, 0) is 0 Å². The lowest BCUT2D eigenvalue weighted by atomic mass is 10.1. The van der Waals surface area contributed by atoms with Crippen LogP contribution in [0, 0.1) is 0 Å². The predicted octanol–water partition coefficient (Wildman–Crippen LogP) is 2.89. The van der Waals surface area contributed by atoms with Gasteiger partial charge in [0.15, 0.2) is 0 Å². The van der Waals surface area contributed by atoms with Crippen LogP contribution in [0.1, 0.15) is 17.5 Å². The minimum Gasteiger partial charge on any atom is -0.337 e. The Morgan fingerprint density at radius 3 is 2.89 bits per heavy atom. The first-order chi connectivity index (χ1) is 9.25. The molecule has 1 aromatic carbocycles. The molecule has 2 heterocycles. The van der Waals surface area contributed by atoms with E-state index in [1.165, 1.54) is 11.3 Å². The molecule has 0 fully saturated rings. The smallest absolute Gasteiger partial charge is 0.248 e. The fraction of sp³-hybridized carbons (Fsp3) is 0.0833. The van der Waals surface area contributed by atoms with Gasteiger partial charge < -0.3 is 10.3 Å². The van der Waals surface area contributed by atoms with E-state index in [1.807, 2.05) is 23.6 Å². The van der Waals surface area contributed by atoms with Crippen LogP contribution in [0.3, 0.4) is 0 Å². The highest BCUT2D eigenvalue weighted by Crippen LogP contribution is 2.26. The molecule has 19 heavy (non-hydrogen) atoms. The molecule has 0 spiro atoms. The Kier molecular flexibility index (Phi) is 3.29. The summed E-state index contributed by atoms with van der Waals surface area (Å²) in [6.07, 6.45) is 0. The molecule has 0 radical (unpaired) electrons. The fourth-order valence-electron chi connectivity index (χ4n) is 1.65. The van der Waals surface area contributed by atoms with Gasteiger partial charge in [-0.05, 0) is 11.6 Å². The van der Waals surface area contributed by atoms with Gasteiger partial charge in [-0.25, -0.2) is 4.98 Å². The van der Waals surface area contributed by atoms with Gasteiger partial charge in [0.1, 0.15) is 11.7 Å². The summed E-state index contributed by atoms with van der Waals surface area (Å²) in [4.78, 5) is 8.37. The fourth-order valence-corrected chi connectivity index (χ4v) is 2.43. The van der Waals surface area contributed by atoms with E-state index in [1.54, 1.807) is 11.6 Å². The number of hydrogen-bond donors (Lipinski definition) is 1. The minimum atomic E-state index is -0.548. The summed E-state index contributed by atoms with van der Waals surface area (Å²) in [5.41, 5.74) is 9.21. The summed E-state index contributed by atoms with van der Waals surface area (Å²) >= 11 is 7.56. The molecule has 0 aliphatic heterocycles. The zero-order chi connectivity index (χ0) is 13.2. The Hall–Kier alpha value is -1.76. The molecule has 3 aromatic rings. The van der Waals surface area contributed by atoms with Crippen molar-refractivity contribution in [2.24, 2.45) is 5.73 Å². The SMILES string of the molecule is N[C@@H](c1nc(-c2cscn2)no1)c1ccccc1Cl. The first kappa shape index (κ1) is 12.3. The Morgan fingerprint density at radius 2 is 2.16 bits per heavy atom. The molecule has 3 rings (SSSR count). The number of nitrogens with zero attached hydrogens (tertiary/aromatic N) is 3. The molecule has 2 N–H and O–H groups in total. The van der Waals surface area contributed by atoms with E-state index < -0.39 is 6.04 Å². The van der Waals surface area contributed by atoms with Crippen LogP contribution in [-0.4, -0.2) is 15.1 Å². The molecular formula is C12H9ClN4OS. The maximum atomic E-state index is 6.09. The summed E-state index contributed by atoms with van der Waals surface area (Å²) in [5, 5.41) is 6.29. The lowest BCUT2D eigenvalue weighted by Gasteiger charge is -2.08. The van der Waals surface area contributed by atoms with Gasteiger partial charge in [-0.2, -0.15) is 4.98 Å². The van der Waals surface area contributed by atoms with Crippen LogP contribution < -0.4 is 5.73 Å². The molecule has 0 amide bonds. The van der Waals surface area contributed by atoms with Gasteiger partial charge in [0.05, 0.1) is 5.51 Å². The van der Waals surface area contributed by atoms with Crippen LogP contribution in [0.5, 0.6) is 0 Å². The van der Waals surface area contributed by atoms with Gasteiger partial charge in [0.25, 0.3) is 0 Å². The maximum absolute atomic E-state index is 6.09. The summed E-state index contributed by atoms with van der Waals surface area (Å²) < 4.78 is 5.18. The number of benzene rings is 1. The molecule has 2 aromatic heterocycles. The molecule has 0 aliphatic carbocycles. The molecule has 1 atom stereocenters. The molecule has 0 saturated heterocycles. The quantitative estimate of drug-likeness (QED) is 0.803. The lowest BCUT2D eigenvalue weighted by molar-refractivity contribution is 0.367. The zero-order valence-electron chi connectivity index (χ0n) is 9.65. The van der Waals surface area contributed by atoms with Crippen molar-refractivity contribution in [1.82, 2.24) is 15.1 Å². The van der Waals surface area contributed by atoms with Crippen molar-refractivity contribution in [3.8, 4) is 11.5 Å². The molecule has 0 saturated carbocycles. The van der Waals surface area contributed by atoms with Crippen LogP contribution in [0.25, 0.3) is 11.5 Å². The Morgan fingerprint density at radius 1 is 1.32 bits per heavy atom. The van der Waals surface area contributed by atoms with Gasteiger partial charge in [-0.1, -0.05) is 35.0 Å². The van der Waals surface area contributed by atoms with Crippen LogP contribution in [0.4, 0.5) is 0 Å². The average Bonchev–Trinajstić information content (AvgIpc) is 3.09. The number of hydrogen-bond acceptors (Lipinski definition) is 6. The van der Waals surface area contributed by atoms with E-state index in [0.29, 0.717) is 22.4 Å². The Bertz CT molecular complexity index is 683. The number of halogens is 1. The highest BCUT2D eigenvalue weighted by Gasteiger charge is 2.20. The highest BCUT2D eigenvalue weighted by atomic mass is 35.5. The highest BCUT2D eigenvalue weighted by molar-refractivity contribution is 7.07. The van der Waals surface area contributed by atoms with Crippen molar-refractivity contribution in [3.63, 3.8) is 0 Å². The third-order valence-electron chi connectivity index (χ3n) is 2.61. The van der Waals surface area contributed by atoms with E-state index >= 15 is 0 Å². The summed E-state index contributed by atoms with van der Waals surface area (Å²) in [6, 6.07) is 6.76. The minimum absolute atomic E-state index is 0.316. The molecule has 0 aliphatic rings. The third kappa shape index (κ3) is 2.37. The normalized spacial score (nSPS) is 12.5. The Balaban J connectivity index is 1.93. The second kappa shape index (κ2) is 5.08. The van der Waals surface area contributed by atoms with Crippen molar-refractivity contribution in [2.45, 2.75) is 6.04 Å². The van der Waals surface area contributed by atoms with E-state index in [2.05, 4.69) is 15.1 Å². The number of nitrogens with two attached hydrogens (primary N) is 1. The molecule has 96 valence electrons. The van der Waals surface area contributed by atoms with Crippen molar-refractivity contribution < 1.29 is 4.52 Å². The molecule has 7 heteroatoms. The standard InChI is InChI=1S/C12H9ClN4OS/c13-8-4-2-1-3-7(8)10(14)12-16-11(17-18-12)9-5-19-6-15-9/h1-6,10H,14H2/t10-/m1/s1. The summed E-state index contributed by atoms with van der Waals surface area (Å²) in [6.45, 7) is 0. The summed E-state index contributed by atoms with van der Waals surface area (Å²) in [7, 11) is 0. The van der Waals surface area contributed by atoms with Crippen LogP contribution in [0.2, 0.25) is 5.02 Å². The van der Waals surface area contributed by atoms with E-state index in [4.69, 9.17) is 21.9 Å². The second-order valence-electron chi connectivity index (χ2n) is 3.83. The first-order valence-electron chi connectivity index (χ1n) is 5.48.